The Labute approximate surface area is 217 Å². The maximum Gasteiger partial charge on any atom is 0.233 e. The molecule has 4 atom stereocenters. The zero-order valence-electron chi connectivity index (χ0n) is 21.1. The number of methoxy groups -OCH3 is 1. The molecule has 2 fully saturated rings. The molecule has 11 nitrogen and oxygen atoms in total. The van der Waals surface area contributed by atoms with Crippen molar-refractivity contribution in [1.29, 1.82) is 0 Å². The van der Waals surface area contributed by atoms with E-state index in [1.165, 1.54) is 0 Å². The van der Waals surface area contributed by atoms with Crippen LogP contribution in [0.15, 0.2) is 48.5 Å². The van der Waals surface area contributed by atoms with Crippen molar-refractivity contribution in [2.75, 3.05) is 48.4 Å². The van der Waals surface area contributed by atoms with Gasteiger partial charge >= 0.3 is 0 Å². The number of anilines is 4. The number of aromatic nitrogens is 3. The van der Waals surface area contributed by atoms with Crippen LogP contribution in [-0.4, -0.2) is 72.4 Å². The van der Waals surface area contributed by atoms with E-state index in [1.54, 1.807) is 7.11 Å². The predicted octanol–water partition coefficient (Wildman–Crippen LogP) is 1.02. The van der Waals surface area contributed by atoms with Gasteiger partial charge in [0, 0.05) is 50.3 Å². The fourth-order valence-electron chi connectivity index (χ4n) is 5.11. The molecule has 1 aromatic heterocycles. The SMILES string of the molecule is COc1ccc(-c2ccccc2)cc1Nc1nc(N2C[C@H](N)C[C@H](N)C2)nc(N2C[C@H](N)C[C@H](N)C2)n1. The summed E-state index contributed by atoms with van der Waals surface area (Å²) in [5, 5.41) is 3.37. The van der Waals surface area contributed by atoms with Crippen LogP contribution in [0.3, 0.4) is 0 Å². The van der Waals surface area contributed by atoms with Crippen LogP contribution in [0.4, 0.5) is 23.5 Å². The number of piperidine rings is 2. The topological polar surface area (TPSA) is 170 Å². The van der Waals surface area contributed by atoms with Gasteiger partial charge in [-0.05, 0) is 36.1 Å². The lowest BCUT2D eigenvalue weighted by Crippen LogP contribution is -2.54. The second-order valence-corrected chi connectivity index (χ2v) is 9.99. The van der Waals surface area contributed by atoms with Crippen molar-refractivity contribution in [1.82, 2.24) is 15.0 Å². The highest BCUT2D eigenvalue weighted by molar-refractivity contribution is 5.74. The van der Waals surface area contributed by atoms with Gasteiger partial charge in [-0.25, -0.2) is 0 Å². The lowest BCUT2D eigenvalue weighted by atomic mass is 10.0. The van der Waals surface area contributed by atoms with Crippen molar-refractivity contribution >= 4 is 23.5 Å². The molecule has 0 bridgehead atoms. The van der Waals surface area contributed by atoms with E-state index < -0.39 is 0 Å². The average molecular weight is 505 g/mol. The summed E-state index contributed by atoms with van der Waals surface area (Å²) in [5.74, 6) is 2.10. The van der Waals surface area contributed by atoms with Gasteiger partial charge in [0.1, 0.15) is 5.75 Å². The number of hydrogen-bond acceptors (Lipinski definition) is 11. The number of ether oxygens (including phenoxy) is 1. The molecule has 0 saturated carbocycles. The van der Waals surface area contributed by atoms with Crippen molar-refractivity contribution in [2.45, 2.75) is 37.0 Å². The molecule has 9 N–H and O–H groups in total. The Balaban J connectivity index is 1.52. The standard InChI is InChI=1S/C26H36N10O/c1-37-23-8-7-17(16-5-3-2-4-6-16)9-22(23)31-24-32-25(35-12-18(27)10-19(28)13-35)34-26(33-24)36-14-20(29)11-21(30)15-36/h2-9,18-21H,10-15,27-30H2,1H3,(H,31,32,33,34)/t18-,19+,20-,21+. The van der Waals surface area contributed by atoms with Crippen LogP contribution in [0.25, 0.3) is 11.1 Å². The van der Waals surface area contributed by atoms with Gasteiger partial charge in [0.25, 0.3) is 0 Å². The van der Waals surface area contributed by atoms with E-state index in [0.717, 1.165) is 29.7 Å². The van der Waals surface area contributed by atoms with Gasteiger partial charge in [-0.2, -0.15) is 15.0 Å². The predicted molar refractivity (Wildman–Crippen MR) is 147 cm³/mol. The zero-order valence-corrected chi connectivity index (χ0v) is 21.1. The Hall–Kier alpha value is -3.51. The largest absolute Gasteiger partial charge is 0.495 e. The first-order valence-electron chi connectivity index (χ1n) is 12.7. The third kappa shape index (κ3) is 5.91. The van der Waals surface area contributed by atoms with Gasteiger partial charge in [0.15, 0.2) is 0 Å². The molecule has 2 aliphatic heterocycles. The molecule has 0 aliphatic carbocycles. The van der Waals surface area contributed by atoms with Gasteiger partial charge in [0.2, 0.25) is 17.8 Å². The summed E-state index contributed by atoms with van der Waals surface area (Å²) in [5.41, 5.74) is 28.0. The summed E-state index contributed by atoms with van der Waals surface area (Å²) >= 11 is 0. The summed E-state index contributed by atoms with van der Waals surface area (Å²) < 4.78 is 5.64. The van der Waals surface area contributed by atoms with E-state index in [0.29, 0.717) is 49.8 Å². The van der Waals surface area contributed by atoms with Crippen LogP contribution >= 0.6 is 0 Å². The summed E-state index contributed by atoms with van der Waals surface area (Å²) in [6, 6.07) is 15.9. The van der Waals surface area contributed by atoms with E-state index in [-0.39, 0.29) is 24.2 Å². The van der Waals surface area contributed by atoms with Gasteiger partial charge in [-0.15, -0.1) is 0 Å². The Kier molecular flexibility index (Phi) is 7.38. The number of hydrogen-bond donors (Lipinski definition) is 5. The zero-order chi connectivity index (χ0) is 25.9. The molecule has 0 unspecified atom stereocenters. The molecule has 2 aliphatic rings. The minimum absolute atomic E-state index is 0.0557. The Morgan fingerprint density at radius 1 is 0.730 bits per heavy atom. The molecular formula is C26H36N10O. The molecule has 0 radical (unpaired) electrons. The molecule has 3 aromatic rings. The first-order chi connectivity index (χ1) is 17.9. The molecule has 3 heterocycles. The monoisotopic (exact) mass is 504 g/mol. The molecule has 2 saturated heterocycles. The van der Waals surface area contributed by atoms with E-state index in [2.05, 4.69) is 17.4 Å². The van der Waals surface area contributed by atoms with E-state index in [9.17, 15) is 0 Å². The lowest BCUT2D eigenvalue weighted by molar-refractivity contribution is 0.417. The van der Waals surface area contributed by atoms with Crippen LogP contribution in [-0.2, 0) is 0 Å². The van der Waals surface area contributed by atoms with Gasteiger partial charge < -0.3 is 42.8 Å². The lowest BCUT2D eigenvalue weighted by Gasteiger charge is -2.37. The van der Waals surface area contributed by atoms with Crippen molar-refractivity contribution in [2.24, 2.45) is 22.9 Å². The fourth-order valence-corrected chi connectivity index (χ4v) is 5.11. The molecule has 0 spiro atoms. The highest BCUT2D eigenvalue weighted by atomic mass is 16.5. The van der Waals surface area contributed by atoms with Crippen molar-refractivity contribution in [3.63, 3.8) is 0 Å². The Morgan fingerprint density at radius 3 is 1.78 bits per heavy atom. The summed E-state index contributed by atoms with van der Waals surface area (Å²) in [4.78, 5) is 18.4. The highest BCUT2D eigenvalue weighted by Crippen LogP contribution is 2.33. The number of nitrogens with zero attached hydrogens (tertiary/aromatic N) is 5. The maximum atomic E-state index is 6.27. The Morgan fingerprint density at radius 2 is 1.27 bits per heavy atom. The van der Waals surface area contributed by atoms with Gasteiger partial charge in [-0.1, -0.05) is 36.4 Å². The van der Waals surface area contributed by atoms with Crippen LogP contribution in [0.5, 0.6) is 5.75 Å². The summed E-state index contributed by atoms with van der Waals surface area (Å²) in [6.45, 7) is 2.45. The van der Waals surface area contributed by atoms with E-state index in [4.69, 9.17) is 42.6 Å². The molecule has 37 heavy (non-hydrogen) atoms. The first-order valence-corrected chi connectivity index (χ1v) is 12.7. The normalized spacial score (nSPS) is 24.1. The van der Waals surface area contributed by atoms with Crippen molar-refractivity contribution < 1.29 is 4.74 Å². The van der Waals surface area contributed by atoms with Gasteiger partial charge in [-0.3, -0.25) is 0 Å². The fraction of sp³-hybridized carbons (Fsp3) is 0.423. The van der Waals surface area contributed by atoms with Crippen LogP contribution in [0, 0.1) is 0 Å². The average Bonchev–Trinajstić information content (AvgIpc) is 2.88. The summed E-state index contributed by atoms with van der Waals surface area (Å²) in [7, 11) is 1.64. The van der Waals surface area contributed by atoms with E-state index in [1.807, 2.05) is 46.2 Å². The van der Waals surface area contributed by atoms with Crippen LogP contribution in [0.1, 0.15) is 12.8 Å². The van der Waals surface area contributed by atoms with Crippen LogP contribution in [0.2, 0.25) is 0 Å². The minimum Gasteiger partial charge on any atom is -0.495 e. The van der Waals surface area contributed by atoms with E-state index >= 15 is 0 Å². The smallest absolute Gasteiger partial charge is 0.233 e. The second kappa shape index (κ2) is 10.9. The molecule has 5 rings (SSSR count). The summed E-state index contributed by atoms with van der Waals surface area (Å²) in [6.07, 6.45) is 1.53. The number of nitrogens with two attached hydrogens (primary N) is 4. The van der Waals surface area contributed by atoms with Crippen molar-refractivity contribution in [3.05, 3.63) is 48.5 Å². The van der Waals surface area contributed by atoms with Crippen molar-refractivity contribution in [3.8, 4) is 16.9 Å². The minimum atomic E-state index is -0.0557. The van der Waals surface area contributed by atoms with Gasteiger partial charge in [0.05, 0.1) is 12.8 Å². The number of benzene rings is 2. The second-order valence-electron chi connectivity index (χ2n) is 9.99. The maximum absolute atomic E-state index is 6.27. The third-order valence-corrected chi connectivity index (χ3v) is 6.76. The highest BCUT2D eigenvalue weighted by Gasteiger charge is 2.29. The molecule has 0 amide bonds. The number of rotatable bonds is 6. The van der Waals surface area contributed by atoms with Crippen LogP contribution < -0.4 is 42.8 Å². The molecule has 2 aromatic carbocycles. The molecule has 11 heteroatoms. The first kappa shape index (κ1) is 25.2. The molecular weight excluding hydrogens is 468 g/mol. The number of nitrogens with one attached hydrogen (secondary N) is 1. The molecule has 196 valence electrons. The Bertz CT molecular complexity index is 1140. The quantitative estimate of drug-likeness (QED) is 0.325. The third-order valence-electron chi connectivity index (χ3n) is 6.76.